The van der Waals surface area contributed by atoms with Crippen LogP contribution in [0.25, 0.3) is 11.1 Å². The maximum Gasteiger partial charge on any atom is 0.534 e. The van der Waals surface area contributed by atoms with Gasteiger partial charge in [-0.1, -0.05) is 18.2 Å². The third-order valence-electron chi connectivity index (χ3n) is 3.58. The first-order valence-electron chi connectivity index (χ1n) is 7.62. The minimum Gasteiger partial charge on any atom is -0.469 e. The number of hydrogen-bond donors (Lipinski definition) is 0. The molecule has 0 aliphatic carbocycles. The summed E-state index contributed by atoms with van der Waals surface area (Å²) in [5.74, 6) is -1.54. The molecule has 0 spiro atoms. The first-order chi connectivity index (χ1) is 13.2. The number of rotatable bonds is 5. The molecule has 0 bridgehead atoms. The maximum atomic E-state index is 12.7. The summed E-state index contributed by atoms with van der Waals surface area (Å²) in [6, 6.07) is 6.64. The molecule has 0 aliphatic heterocycles. The van der Waals surface area contributed by atoms with E-state index in [4.69, 9.17) is 0 Å². The molecule has 2 aromatic carbocycles. The Hall–Kier alpha value is -2.76. The van der Waals surface area contributed by atoms with Gasteiger partial charge in [-0.25, -0.2) is 0 Å². The number of ether oxygens (including phenoxy) is 1. The topological polar surface area (TPSA) is 69.7 Å². The summed E-state index contributed by atoms with van der Waals surface area (Å²) in [5, 5.41) is 0. The molecule has 5 nitrogen and oxygen atoms in total. The van der Waals surface area contributed by atoms with Crippen LogP contribution in [0.2, 0.25) is 0 Å². The van der Waals surface area contributed by atoms with E-state index >= 15 is 0 Å². The molecule has 0 aliphatic rings. The van der Waals surface area contributed by atoms with Crippen molar-refractivity contribution in [1.29, 1.82) is 0 Å². The number of carbonyl (C=O) groups excluding carboxylic acids is 1. The van der Waals surface area contributed by atoms with Crippen molar-refractivity contribution in [2.45, 2.75) is 18.1 Å². The highest BCUT2D eigenvalue weighted by Crippen LogP contribution is 2.34. The van der Waals surface area contributed by atoms with Crippen LogP contribution in [0.3, 0.4) is 0 Å². The van der Waals surface area contributed by atoms with Crippen LogP contribution in [0.15, 0.2) is 42.5 Å². The van der Waals surface area contributed by atoms with Crippen LogP contribution in [0.1, 0.15) is 11.1 Å². The van der Waals surface area contributed by atoms with Gasteiger partial charge in [0, 0.05) is 0 Å². The number of benzene rings is 2. The molecule has 12 heteroatoms. The van der Waals surface area contributed by atoms with Gasteiger partial charge in [-0.3, -0.25) is 4.79 Å². The van der Waals surface area contributed by atoms with Crippen molar-refractivity contribution in [1.82, 2.24) is 0 Å². The van der Waals surface area contributed by atoms with E-state index in [0.717, 1.165) is 43.5 Å². The standard InChI is InChI=1S/C17H12F6O5S/c1-27-15(24)8-10-6-12(11-2-4-13(5-3-11)16(18,19)20)9-14(7-10)28-29(25,26)17(21,22)23/h2-7,9H,8H2,1H3. The van der Waals surface area contributed by atoms with E-state index in [1.54, 1.807) is 0 Å². The van der Waals surface area contributed by atoms with Gasteiger partial charge in [-0.2, -0.15) is 34.8 Å². The van der Waals surface area contributed by atoms with E-state index in [9.17, 15) is 39.6 Å². The fourth-order valence-electron chi connectivity index (χ4n) is 2.24. The Kier molecular flexibility index (Phi) is 6.16. The number of carbonyl (C=O) groups is 1. The lowest BCUT2D eigenvalue weighted by atomic mass is 10.00. The smallest absolute Gasteiger partial charge is 0.469 e. The van der Waals surface area contributed by atoms with Crippen molar-refractivity contribution < 1.29 is 48.5 Å². The maximum absolute atomic E-state index is 12.7. The first-order valence-corrected chi connectivity index (χ1v) is 9.03. The van der Waals surface area contributed by atoms with Gasteiger partial charge in [0.2, 0.25) is 0 Å². The lowest BCUT2D eigenvalue weighted by Gasteiger charge is -2.13. The normalized spacial score (nSPS) is 12.5. The van der Waals surface area contributed by atoms with E-state index < -0.39 is 45.5 Å². The second-order valence-electron chi connectivity index (χ2n) is 5.68. The van der Waals surface area contributed by atoms with Gasteiger partial charge in [0.1, 0.15) is 5.75 Å². The van der Waals surface area contributed by atoms with Crippen LogP contribution >= 0.6 is 0 Å². The summed E-state index contributed by atoms with van der Waals surface area (Å²) < 4.78 is 107. The first kappa shape index (κ1) is 22.5. The Balaban J connectivity index is 2.51. The van der Waals surface area contributed by atoms with Crippen LogP contribution in [-0.4, -0.2) is 27.0 Å². The van der Waals surface area contributed by atoms with Crippen LogP contribution in [0.4, 0.5) is 26.3 Å². The van der Waals surface area contributed by atoms with E-state index in [1.807, 2.05) is 0 Å². The number of methoxy groups -OCH3 is 1. The molecule has 0 saturated heterocycles. The second kappa shape index (κ2) is 7.93. The summed E-state index contributed by atoms with van der Waals surface area (Å²) in [5.41, 5.74) is -6.46. The van der Waals surface area contributed by atoms with Crippen molar-refractivity contribution in [2.24, 2.45) is 0 Å². The third kappa shape index (κ3) is 5.62. The van der Waals surface area contributed by atoms with Crippen molar-refractivity contribution in [2.75, 3.05) is 7.11 Å². The number of alkyl halides is 6. The van der Waals surface area contributed by atoms with Crippen LogP contribution in [0, 0.1) is 0 Å². The quantitative estimate of drug-likeness (QED) is 0.299. The zero-order valence-electron chi connectivity index (χ0n) is 14.5. The third-order valence-corrected chi connectivity index (χ3v) is 4.56. The van der Waals surface area contributed by atoms with Crippen molar-refractivity contribution >= 4 is 16.1 Å². The van der Waals surface area contributed by atoms with Crippen molar-refractivity contribution in [3.8, 4) is 16.9 Å². The van der Waals surface area contributed by atoms with Gasteiger partial charge in [0.15, 0.2) is 0 Å². The molecule has 0 amide bonds. The van der Waals surface area contributed by atoms with Gasteiger partial charge >= 0.3 is 27.8 Å². The number of esters is 1. The Morgan fingerprint density at radius 2 is 1.52 bits per heavy atom. The number of hydrogen-bond acceptors (Lipinski definition) is 5. The summed E-state index contributed by atoms with van der Waals surface area (Å²) >= 11 is 0. The lowest BCUT2D eigenvalue weighted by Crippen LogP contribution is -2.28. The average molecular weight is 442 g/mol. The van der Waals surface area contributed by atoms with Gasteiger partial charge < -0.3 is 8.92 Å². The molecule has 29 heavy (non-hydrogen) atoms. The molecular weight excluding hydrogens is 430 g/mol. The van der Waals surface area contributed by atoms with Crippen molar-refractivity contribution in [3.05, 3.63) is 53.6 Å². The summed E-state index contributed by atoms with van der Waals surface area (Å²) in [4.78, 5) is 11.5. The molecule has 158 valence electrons. The highest BCUT2D eigenvalue weighted by atomic mass is 32.2. The largest absolute Gasteiger partial charge is 0.534 e. The average Bonchev–Trinajstić information content (AvgIpc) is 2.59. The van der Waals surface area contributed by atoms with E-state index in [0.29, 0.717) is 0 Å². The Morgan fingerprint density at radius 1 is 0.931 bits per heavy atom. The van der Waals surface area contributed by atoms with Crippen LogP contribution < -0.4 is 4.18 Å². The molecule has 0 atom stereocenters. The molecule has 0 aromatic heterocycles. The molecule has 0 saturated carbocycles. The van der Waals surface area contributed by atoms with Crippen molar-refractivity contribution in [3.63, 3.8) is 0 Å². The van der Waals surface area contributed by atoms with Crippen LogP contribution in [-0.2, 0) is 32.2 Å². The molecule has 0 heterocycles. The SMILES string of the molecule is COC(=O)Cc1cc(OS(=O)(=O)C(F)(F)F)cc(-c2ccc(C(F)(F)F)cc2)c1. The van der Waals surface area contributed by atoms with Gasteiger partial charge in [-0.05, 0) is 41.0 Å². The second-order valence-corrected chi connectivity index (χ2v) is 7.21. The molecule has 2 rings (SSSR count). The minimum absolute atomic E-state index is 0.0293. The predicted octanol–water partition coefficient (Wildman–Crippen LogP) is 4.32. The predicted molar refractivity (Wildman–Crippen MR) is 88.2 cm³/mol. The molecule has 0 unspecified atom stereocenters. The monoisotopic (exact) mass is 442 g/mol. The molecule has 0 radical (unpaired) electrons. The Labute approximate surface area is 161 Å². The Morgan fingerprint density at radius 3 is 2.00 bits per heavy atom. The molecule has 0 N–H and O–H groups in total. The Bertz CT molecular complexity index is 994. The highest BCUT2D eigenvalue weighted by molar-refractivity contribution is 7.88. The van der Waals surface area contributed by atoms with E-state index in [-0.39, 0.29) is 16.7 Å². The minimum atomic E-state index is -5.99. The molecular formula is C17H12F6O5S. The van der Waals surface area contributed by atoms with Crippen LogP contribution in [0.5, 0.6) is 5.75 Å². The zero-order valence-corrected chi connectivity index (χ0v) is 15.3. The zero-order chi connectivity index (χ0) is 22.0. The molecule has 0 fully saturated rings. The fourth-order valence-corrected chi connectivity index (χ4v) is 2.69. The fraction of sp³-hybridized carbons (Fsp3) is 0.235. The van der Waals surface area contributed by atoms with Gasteiger partial charge in [-0.15, -0.1) is 0 Å². The lowest BCUT2D eigenvalue weighted by molar-refractivity contribution is -0.140. The highest BCUT2D eigenvalue weighted by Gasteiger charge is 2.48. The summed E-state index contributed by atoms with van der Waals surface area (Å²) in [6.45, 7) is 0. The molecule has 2 aromatic rings. The van der Waals surface area contributed by atoms with Gasteiger partial charge in [0.05, 0.1) is 19.1 Å². The summed E-state index contributed by atoms with van der Waals surface area (Å²) in [7, 11) is -4.93. The summed E-state index contributed by atoms with van der Waals surface area (Å²) in [6.07, 6.45) is -5.03. The van der Waals surface area contributed by atoms with Gasteiger partial charge in [0.25, 0.3) is 0 Å². The number of halogens is 6. The van der Waals surface area contributed by atoms with E-state index in [1.165, 1.54) is 6.07 Å². The van der Waals surface area contributed by atoms with E-state index in [2.05, 4.69) is 8.92 Å².